The quantitative estimate of drug-likeness (QED) is 0.666. The summed E-state index contributed by atoms with van der Waals surface area (Å²) in [5.74, 6) is 0. The molecule has 2 heteroatoms. The van der Waals surface area contributed by atoms with Crippen molar-refractivity contribution in [2.45, 2.75) is 52.5 Å². The van der Waals surface area contributed by atoms with Gasteiger partial charge in [0.25, 0.3) is 0 Å². The molecule has 2 nitrogen and oxygen atoms in total. The first kappa shape index (κ1) is 12.2. The molecule has 0 radical (unpaired) electrons. The summed E-state index contributed by atoms with van der Waals surface area (Å²) in [6.07, 6.45) is 4.15. The third-order valence-electron chi connectivity index (χ3n) is 3.07. The van der Waals surface area contributed by atoms with Crippen LogP contribution in [0.1, 0.15) is 47.2 Å². The van der Waals surface area contributed by atoms with E-state index in [9.17, 15) is 0 Å². The van der Waals surface area contributed by atoms with Crippen LogP contribution in [0.5, 0.6) is 0 Å². The number of nitrogens with zero attached hydrogens (tertiary/aromatic N) is 2. The lowest BCUT2D eigenvalue weighted by atomic mass is 9.91. The van der Waals surface area contributed by atoms with E-state index in [0.29, 0.717) is 0 Å². The summed E-state index contributed by atoms with van der Waals surface area (Å²) in [7, 11) is 0. The summed E-state index contributed by atoms with van der Waals surface area (Å²) in [6.45, 7) is 13.2. The monoisotopic (exact) mass is 230 g/mol. The Hall–Kier alpha value is -1.31. The number of hydrogen-bond donors (Lipinski definition) is 0. The van der Waals surface area contributed by atoms with Crippen molar-refractivity contribution in [3.8, 4) is 0 Å². The molecule has 0 aromatic carbocycles. The van der Waals surface area contributed by atoms with E-state index in [0.717, 1.165) is 5.69 Å². The van der Waals surface area contributed by atoms with Gasteiger partial charge in [0.05, 0.1) is 11.7 Å². The van der Waals surface area contributed by atoms with E-state index in [4.69, 9.17) is 0 Å². The van der Waals surface area contributed by atoms with Crippen LogP contribution in [0.25, 0.3) is 10.9 Å². The average Bonchev–Trinajstić information content (AvgIpc) is 2.57. The van der Waals surface area contributed by atoms with E-state index in [-0.39, 0.29) is 11.0 Å². The molecule has 0 amide bonds. The van der Waals surface area contributed by atoms with Gasteiger partial charge in [-0.15, -0.1) is 0 Å². The van der Waals surface area contributed by atoms with Gasteiger partial charge < -0.3 is 4.57 Å². The minimum atomic E-state index is 0.104. The van der Waals surface area contributed by atoms with Gasteiger partial charge in [-0.05, 0) is 32.9 Å². The predicted molar refractivity (Wildman–Crippen MR) is 73.4 cm³/mol. The first-order valence-electron chi connectivity index (χ1n) is 6.18. The molecule has 2 aromatic rings. The fourth-order valence-corrected chi connectivity index (χ4v) is 2.03. The number of pyridine rings is 1. The zero-order chi connectivity index (χ0) is 12.8. The summed E-state index contributed by atoms with van der Waals surface area (Å²) in [6, 6.07) is 4.38. The van der Waals surface area contributed by atoms with Gasteiger partial charge in [-0.3, -0.25) is 4.98 Å². The summed E-state index contributed by atoms with van der Waals surface area (Å²) in [4.78, 5) is 4.60. The van der Waals surface area contributed by atoms with Crippen molar-refractivity contribution in [2.75, 3.05) is 0 Å². The van der Waals surface area contributed by atoms with Crippen LogP contribution in [-0.2, 0) is 11.0 Å². The second kappa shape index (κ2) is 3.59. The lowest BCUT2D eigenvalue weighted by Crippen LogP contribution is -2.20. The average molecular weight is 230 g/mol. The lowest BCUT2D eigenvalue weighted by molar-refractivity contribution is 0.410. The molecule has 0 saturated heterocycles. The molecule has 0 aliphatic rings. The second-order valence-corrected chi connectivity index (χ2v) is 6.73. The van der Waals surface area contributed by atoms with Crippen LogP contribution < -0.4 is 0 Å². The largest absolute Gasteiger partial charge is 0.341 e. The molecule has 2 aromatic heterocycles. The molecule has 17 heavy (non-hydrogen) atoms. The maximum absolute atomic E-state index is 4.60. The Morgan fingerprint density at radius 2 is 1.71 bits per heavy atom. The van der Waals surface area contributed by atoms with Crippen LogP contribution in [0, 0.1) is 0 Å². The fourth-order valence-electron chi connectivity index (χ4n) is 2.03. The number of aromatic nitrogens is 2. The highest BCUT2D eigenvalue weighted by Gasteiger charge is 2.19. The lowest BCUT2D eigenvalue weighted by Gasteiger charge is -2.23. The third kappa shape index (κ3) is 2.21. The van der Waals surface area contributed by atoms with Gasteiger partial charge in [-0.2, -0.15) is 0 Å². The van der Waals surface area contributed by atoms with E-state index in [1.54, 1.807) is 0 Å². The maximum atomic E-state index is 4.60. The molecule has 0 spiro atoms. The first-order valence-corrected chi connectivity index (χ1v) is 6.18. The highest BCUT2D eigenvalue weighted by atomic mass is 15.0. The van der Waals surface area contributed by atoms with Gasteiger partial charge in [0, 0.05) is 28.2 Å². The van der Waals surface area contributed by atoms with Crippen LogP contribution in [0.3, 0.4) is 0 Å². The van der Waals surface area contributed by atoms with E-state index < -0.39 is 0 Å². The molecule has 0 saturated carbocycles. The van der Waals surface area contributed by atoms with Crippen molar-refractivity contribution in [3.05, 3.63) is 30.2 Å². The Balaban J connectivity index is 2.61. The van der Waals surface area contributed by atoms with Crippen molar-refractivity contribution in [2.24, 2.45) is 0 Å². The van der Waals surface area contributed by atoms with Crippen LogP contribution in [0.15, 0.2) is 24.5 Å². The molecule has 0 atom stereocenters. The molecule has 0 N–H and O–H groups in total. The van der Waals surface area contributed by atoms with Crippen molar-refractivity contribution < 1.29 is 0 Å². The summed E-state index contributed by atoms with van der Waals surface area (Å²) in [5.41, 5.74) is 2.58. The zero-order valence-electron chi connectivity index (χ0n) is 11.7. The van der Waals surface area contributed by atoms with E-state index in [1.807, 2.05) is 6.20 Å². The van der Waals surface area contributed by atoms with Crippen molar-refractivity contribution in [3.63, 3.8) is 0 Å². The predicted octanol–water partition coefficient (Wildman–Crippen LogP) is 4.09. The zero-order valence-corrected chi connectivity index (χ0v) is 11.7. The van der Waals surface area contributed by atoms with Gasteiger partial charge in [0.15, 0.2) is 0 Å². The van der Waals surface area contributed by atoms with Crippen LogP contribution in [0.4, 0.5) is 0 Å². The minimum Gasteiger partial charge on any atom is -0.341 e. The Morgan fingerprint density at radius 1 is 1.06 bits per heavy atom. The fraction of sp³-hybridized carbons (Fsp3) is 0.533. The normalized spacial score (nSPS) is 13.3. The third-order valence-corrected chi connectivity index (χ3v) is 3.07. The molecule has 0 fully saturated rings. The number of hydrogen-bond acceptors (Lipinski definition) is 1. The van der Waals surface area contributed by atoms with Crippen molar-refractivity contribution in [1.29, 1.82) is 0 Å². The molecule has 0 unspecified atom stereocenters. The Bertz CT molecular complexity index is 536. The van der Waals surface area contributed by atoms with Gasteiger partial charge in [0.2, 0.25) is 0 Å². The van der Waals surface area contributed by atoms with Gasteiger partial charge in [-0.25, -0.2) is 0 Å². The minimum absolute atomic E-state index is 0.104. The van der Waals surface area contributed by atoms with Crippen LogP contribution in [0.2, 0.25) is 0 Å². The molecule has 2 heterocycles. The summed E-state index contributed by atoms with van der Waals surface area (Å²) < 4.78 is 2.28. The van der Waals surface area contributed by atoms with E-state index in [2.05, 4.69) is 69.4 Å². The number of rotatable bonds is 0. The highest BCUT2D eigenvalue weighted by Crippen LogP contribution is 2.27. The number of fused-ring (bicyclic) bond motifs is 1. The molecule has 2 rings (SSSR count). The highest BCUT2D eigenvalue weighted by molar-refractivity contribution is 5.80. The Morgan fingerprint density at radius 3 is 2.24 bits per heavy atom. The van der Waals surface area contributed by atoms with Gasteiger partial charge in [-0.1, -0.05) is 20.8 Å². The van der Waals surface area contributed by atoms with Crippen LogP contribution >= 0.6 is 0 Å². The van der Waals surface area contributed by atoms with E-state index in [1.165, 1.54) is 10.9 Å². The van der Waals surface area contributed by atoms with E-state index >= 15 is 0 Å². The molecular formula is C15H22N2. The first-order chi connectivity index (χ1) is 7.69. The smallest absolute Gasteiger partial charge is 0.0671 e. The van der Waals surface area contributed by atoms with Crippen molar-refractivity contribution >= 4 is 10.9 Å². The Labute approximate surface area is 104 Å². The molecular weight excluding hydrogens is 208 g/mol. The van der Waals surface area contributed by atoms with Gasteiger partial charge in [0.1, 0.15) is 0 Å². The SMILES string of the molecule is CC(C)(C)c1cc2ccn(C(C)(C)C)c2cn1. The topological polar surface area (TPSA) is 17.8 Å². The second-order valence-electron chi connectivity index (χ2n) is 6.73. The molecule has 0 aliphatic heterocycles. The standard InChI is InChI=1S/C15H22N2/c1-14(2,3)13-9-11-7-8-17(15(4,5)6)12(11)10-16-13/h7-10H,1-6H3. The molecule has 92 valence electrons. The summed E-state index contributed by atoms with van der Waals surface area (Å²) in [5, 5.41) is 1.28. The van der Waals surface area contributed by atoms with Gasteiger partial charge >= 0.3 is 0 Å². The van der Waals surface area contributed by atoms with Crippen LogP contribution in [-0.4, -0.2) is 9.55 Å². The van der Waals surface area contributed by atoms with Crippen molar-refractivity contribution in [1.82, 2.24) is 9.55 Å². The molecule has 0 bridgehead atoms. The Kier molecular flexibility index (Phi) is 2.57. The molecule has 0 aliphatic carbocycles. The summed E-state index contributed by atoms with van der Waals surface area (Å²) >= 11 is 0. The maximum Gasteiger partial charge on any atom is 0.0671 e.